The lowest BCUT2D eigenvalue weighted by atomic mass is 10.1. The number of hydrogen-bond donors (Lipinski definition) is 2. The van der Waals surface area contributed by atoms with Gasteiger partial charge >= 0.3 is 0 Å². The Labute approximate surface area is 166 Å². The van der Waals surface area contributed by atoms with Crippen LogP contribution in [0.5, 0.6) is 0 Å². The van der Waals surface area contributed by atoms with Gasteiger partial charge in [-0.25, -0.2) is 18.1 Å². The molecule has 0 aliphatic rings. The highest BCUT2D eigenvalue weighted by Crippen LogP contribution is 2.30. The monoisotopic (exact) mass is 414 g/mol. The summed E-state index contributed by atoms with van der Waals surface area (Å²) in [5.41, 5.74) is 2.13. The number of nitrogens with zero attached hydrogens (tertiary/aromatic N) is 1. The van der Waals surface area contributed by atoms with Crippen molar-refractivity contribution >= 4 is 31.4 Å². The molecule has 0 saturated carbocycles. The van der Waals surface area contributed by atoms with Gasteiger partial charge in [-0.2, -0.15) is 0 Å². The minimum absolute atomic E-state index is 0.104. The minimum atomic E-state index is -3.74. The number of aryl methyl sites for hydroxylation is 1. The number of fused-ring (bicyclic) bond motifs is 1. The standard InChI is InChI=1S/C20H18N2O4S2/c1-13-22-18(11-26-13)14-6-8-15(9-7-14)28(24,25)21-10-19(23)17-12-27-20-5-3-2-4-16(17)20/h2-9,11-12,19,21,23H,10H2,1H3/t19-/m0/s1. The molecule has 28 heavy (non-hydrogen) atoms. The Bertz CT molecular complexity index is 1210. The number of benzene rings is 2. The summed E-state index contributed by atoms with van der Waals surface area (Å²) in [5.74, 6) is 0.545. The van der Waals surface area contributed by atoms with Crippen LogP contribution in [0.1, 0.15) is 17.6 Å². The highest BCUT2D eigenvalue weighted by atomic mass is 32.2. The first-order chi connectivity index (χ1) is 13.4. The number of aromatic nitrogens is 1. The van der Waals surface area contributed by atoms with Crippen LogP contribution in [0.25, 0.3) is 21.3 Å². The topological polar surface area (TPSA) is 92.4 Å². The second-order valence-corrected chi connectivity index (χ2v) is 9.01. The zero-order valence-corrected chi connectivity index (χ0v) is 16.6. The predicted octanol–water partition coefficient (Wildman–Crippen LogP) is 3.88. The SMILES string of the molecule is Cc1nc(-c2ccc(S(=O)(=O)NC[C@H](O)c3csc4ccccc34)cc2)co1. The summed E-state index contributed by atoms with van der Waals surface area (Å²) in [6.07, 6.45) is 0.599. The fourth-order valence-electron chi connectivity index (χ4n) is 2.94. The van der Waals surface area contributed by atoms with Crippen LogP contribution >= 0.6 is 11.3 Å². The van der Waals surface area contributed by atoms with Crippen LogP contribution in [0, 0.1) is 6.92 Å². The first kappa shape index (κ1) is 18.8. The molecule has 0 aliphatic carbocycles. The lowest BCUT2D eigenvalue weighted by Crippen LogP contribution is -2.28. The Morgan fingerprint density at radius 3 is 2.64 bits per heavy atom. The van der Waals surface area contributed by atoms with Crippen LogP contribution in [0.4, 0.5) is 0 Å². The van der Waals surface area contributed by atoms with Crippen molar-refractivity contribution in [2.45, 2.75) is 17.9 Å². The van der Waals surface area contributed by atoms with Crippen molar-refractivity contribution in [3.8, 4) is 11.3 Å². The van der Waals surface area contributed by atoms with E-state index >= 15 is 0 Å². The van der Waals surface area contributed by atoms with Gasteiger partial charge in [-0.3, -0.25) is 0 Å². The van der Waals surface area contributed by atoms with Crippen LogP contribution in [0.15, 0.2) is 69.5 Å². The summed E-state index contributed by atoms with van der Waals surface area (Å²) in [5, 5.41) is 13.3. The maximum absolute atomic E-state index is 12.6. The summed E-state index contributed by atoms with van der Waals surface area (Å²) in [6, 6.07) is 14.1. The lowest BCUT2D eigenvalue weighted by Gasteiger charge is -2.12. The number of hydrogen-bond acceptors (Lipinski definition) is 6. The normalized spacial score (nSPS) is 13.1. The molecule has 0 saturated heterocycles. The molecule has 0 aliphatic heterocycles. The second kappa shape index (κ2) is 7.48. The number of nitrogens with one attached hydrogen (secondary N) is 1. The van der Waals surface area contributed by atoms with Gasteiger partial charge < -0.3 is 9.52 Å². The summed E-state index contributed by atoms with van der Waals surface area (Å²) < 4.78 is 33.9. The Morgan fingerprint density at radius 2 is 1.93 bits per heavy atom. The number of thiophene rings is 1. The van der Waals surface area contributed by atoms with Crippen LogP contribution in [0.3, 0.4) is 0 Å². The molecule has 144 valence electrons. The molecule has 2 aromatic heterocycles. The van der Waals surface area contributed by atoms with Gasteiger partial charge in [0, 0.05) is 29.3 Å². The molecule has 0 bridgehead atoms. The van der Waals surface area contributed by atoms with Gasteiger partial charge in [-0.15, -0.1) is 11.3 Å². The van der Waals surface area contributed by atoms with Gasteiger partial charge in [0.25, 0.3) is 0 Å². The van der Waals surface area contributed by atoms with Crippen molar-refractivity contribution in [2.75, 3.05) is 6.54 Å². The van der Waals surface area contributed by atoms with E-state index in [1.165, 1.54) is 29.7 Å². The van der Waals surface area contributed by atoms with E-state index in [4.69, 9.17) is 4.42 Å². The molecule has 4 rings (SSSR count). The third kappa shape index (κ3) is 3.72. The lowest BCUT2D eigenvalue weighted by molar-refractivity contribution is 0.184. The van der Waals surface area contributed by atoms with Crippen molar-refractivity contribution in [1.82, 2.24) is 9.71 Å². The molecule has 0 amide bonds. The van der Waals surface area contributed by atoms with Gasteiger partial charge in [0.05, 0.1) is 11.0 Å². The first-order valence-electron chi connectivity index (χ1n) is 8.60. The quantitative estimate of drug-likeness (QED) is 0.500. The molecule has 2 heterocycles. The molecule has 8 heteroatoms. The Hall–Kier alpha value is -2.52. The summed E-state index contributed by atoms with van der Waals surface area (Å²) >= 11 is 1.52. The maximum Gasteiger partial charge on any atom is 0.240 e. The van der Waals surface area contributed by atoms with Gasteiger partial charge in [0.1, 0.15) is 12.0 Å². The van der Waals surface area contributed by atoms with Gasteiger partial charge in [0.2, 0.25) is 10.0 Å². The molecule has 0 fully saturated rings. The van der Waals surface area contributed by atoms with Gasteiger partial charge in [-0.1, -0.05) is 30.3 Å². The van der Waals surface area contributed by atoms with E-state index in [0.717, 1.165) is 21.2 Å². The number of oxazole rings is 1. The third-order valence-corrected chi connectivity index (χ3v) is 6.84. The molecular weight excluding hydrogens is 396 g/mol. The molecular formula is C20H18N2O4S2. The van der Waals surface area contributed by atoms with Crippen molar-refractivity contribution in [3.05, 3.63) is 71.6 Å². The summed E-state index contributed by atoms with van der Waals surface area (Å²) in [6.45, 7) is 1.64. The molecule has 2 N–H and O–H groups in total. The molecule has 4 aromatic rings. The third-order valence-electron chi connectivity index (χ3n) is 4.42. The van der Waals surface area contributed by atoms with E-state index < -0.39 is 16.1 Å². The second-order valence-electron chi connectivity index (χ2n) is 6.33. The number of aliphatic hydroxyl groups excluding tert-OH is 1. The van der Waals surface area contributed by atoms with Crippen LogP contribution in [-0.2, 0) is 10.0 Å². The Kier molecular flexibility index (Phi) is 5.03. The Morgan fingerprint density at radius 1 is 1.18 bits per heavy atom. The molecule has 0 spiro atoms. The molecule has 0 radical (unpaired) electrons. The molecule has 1 atom stereocenters. The van der Waals surface area contributed by atoms with E-state index in [-0.39, 0.29) is 11.4 Å². The highest BCUT2D eigenvalue weighted by Gasteiger charge is 2.19. The minimum Gasteiger partial charge on any atom is -0.449 e. The van der Waals surface area contributed by atoms with Crippen LogP contribution in [0.2, 0.25) is 0 Å². The zero-order valence-electron chi connectivity index (χ0n) is 15.0. The predicted molar refractivity (Wildman–Crippen MR) is 109 cm³/mol. The number of rotatable bonds is 6. The zero-order chi connectivity index (χ0) is 19.7. The fourth-order valence-corrected chi connectivity index (χ4v) is 4.99. The molecule has 6 nitrogen and oxygen atoms in total. The highest BCUT2D eigenvalue weighted by molar-refractivity contribution is 7.89. The van der Waals surface area contributed by atoms with E-state index in [9.17, 15) is 13.5 Å². The largest absolute Gasteiger partial charge is 0.449 e. The van der Waals surface area contributed by atoms with Crippen molar-refractivity contribution in [2.24, 2.45) is 0 Å². The van der Waals surface area contributed by atoms with Gasteiger partial charge in [0.15, 0.2) is 5.89 Å². The van der Waals surface area contributed by atoms with E-state index in [1.807, 2.05) is 29.6 Å². The molecule has 2 aromatic carbocycles. The molecule has 0 unspecified atom stereocenters. The average molecular weight is 415 g/mol. The summed E-state index contributed by atoms with van der Waals surface area (Å²) in [4.78, 5) is 4.35. The van der Waals surface area contributed by atoms with Gasteiger partial charge in [-0.05, 0) is 29.0 Å². The average Bonchev–Trinajstić information content (AvgIpc) is 3.33. The first-order valence-corrected chi connectivity index (χ1v) is 11.0. The van der Waals surface area contributed by atoms with Crippen LogP contribution in [-0.4, -0.2) is 25.1 Å². The van der Waals surface area contributed by atoms with Crippen molar-refractivity contribution in [3.63, 3.8) is 0 Å². The van der Waals surface area contributed by atoms with Crippen molar-refractivity contribution in [1.29, 1.82) is 0 Å². The van der Waals surface area contributed by atoms with E-state index in [2.05, 4.69) is 9.71 Å². The summed E-state index contributed by atoms with van der Waals surface area (Å²) in [7, 11) is -3.74. The van der Waals surface area contributed by atoms with E-state index in [1.54, 1.807) is 19.1 Å². The Balaban J connectivity index is 1.48. The smallest absolute Gasteiger partial charge is 0.240 e. The maximum atomic E-state index is 12.6. The van der Waals surface area contributed by atoms with Crippen LogP contribution < -0.4 is 4.72 Å². The van der Waals surface area contributed by atoms with Crippen molar-refractivity contribution < 1.29 is 17.9 Å². The fraction of sp³-hybridized carbons (Fsp3) is 0.150. The number of aliphatic hydroxyl groups is 1. The van der Waals surface area contributed by atoms with E-state index in [0.29, 0.717) is 11.6 Å². The number of sulfonamides is 1.